The number of rotatable bonds is 59. The second-order valence-electron chi connectivity index (χ2n) is 21.6. The minimum absolute atomic E-state index is 0.117. The van der Waals surface area contributed by atoms with E-state index in [0.29, 0.717) is 19.3 Å². The van der Waals surface area contributed by atoms with E-state index < -0.39 is 6.10 Å². The monoisotopic (exact) mass is 1120 g/mol. The van der Waals surface area contributed by atoms with Gasteiger partial charge >= 0.3 is 17.9 Å². The van der Waals surface area contributed by atoms with Gasteiger partial charge in [0.25, 0.3) is 0 Å². The van der Waals surface area contributed by atoms with Crippen molar-refractivity contribution >= 4 is 17.9 Å². The average molecular weight is 1120 g/mol. The van der Waals surface area contributed by atoms with Crippen LogP contribution >= 0.6 is 0 Å². The lowest BCUT2D eigenvalue weighted by atomic mass is 10.0. The fourth-order valence-corrected chi connectivity index (χ4v) is 8.90. The van der Waals surface area contributed by atoms with Gasteiger partial charge in [-0.05, 0) is 128 Å². The van der Waals surface area contributed by atoms with Gasteiger partial charge in [-0.1, -0.05) is 289 Å². The molecule has 458 valence electrons. The highest BCUT2D eigenvalue weighted by atomic mass is 16.6. The fourth-order valence-electron chi connectivity index (χ4n) is 8.90. The molecule has 0 radical (unpaired) electrons. The van der Waals surface area contributed by atoms with Crippen LogP contribution in [0, 0.1) is 0 Å². The maximum atomic E-state index is 12.9. The van der Waals surface area contributed by atoms with Crippen LogP contribution in [-0.4, -0.2) is 37.2 Å². The van der Waals surface area contributed by atoms with Gasteiger partial charge in [0.1, 0.15) is 13.2 Å². The molecular weight excluding hydrogens is 997 g/mol. The van der Waals surface area contributed by atoms with Crippen LogP contribution in [0.5, 0.6) is 0 Å². The highest BCUT2D eigenvalue weighted by molar-refractivity contribution is 5.71. The molecule has 1 unspecified atom stereocenters. The maximum absolute atomic E-state index is 12.9. The molecule has 0 aromatic carbocycles. The number of esters is 3. The van der Waals surface area contributed by atoms with Gasteiger partial charge < -0.3 is 14.2 Å². The summed E-state index contributed by atoms with van der Waals surface area (Å²) in [5, 5.41) is 0. The Labute approximate surface area is 499 Å². The zero-order valence-electron chi connectivity index (χ0n) is 52.5. The summed E-state index contributed by atoms with van der Waals surface area (Å²) in [7, 11) is 0. The van der Waals surface area contributed by atoms with E-state index in [-0.39, 0.29) is 44.0 Å². The summed E-state index contributed by atoms with van der Waals surface area (Å²) in [4.78, 5) is 38.3. The minimum Gasteiger partial charge on any atom is -0.462 e. The van der Waals surface area contributed by atoms with E-state index >= 15 is 0 Å². The van der Waals surface area contributed by atoms with Crippen molar-refractivity contribution in [1.29, 1.82) is 0 Å². The first-order valence-electron chi connectivity index (χ1n) is 33.3. The summed E-state index contributed by atoms with van der Waals surface area (Å²) in [5.41, 5.74) is 0. The van der Waals surface area contributed by atoms with Gasteiger partial charge in [0.2, 0.25) is 0 Å². The molecular formula is C75H122O6. The molecule has 6 heteroatoms. The second-order valence-corrected chi connectivity index (χ2v) is 21.6. The Bertz CT molecular complexity index is 1760. The molecule has 0 saturated carbocycles. The van der Waals surface area contributed by atoms with Crippen LogP contribution < -0.4 is 0 Å². The lowest BCUT2D eigenvalue weighted by molar-refractivity contribution is -0.166. The Balaban J connectivity index is 4.32. The minimum atomic E-state index is -0.831. The Kier molecular flexibility index (Phi) is 63.9. The van der Waals surface area contributed by atoms with Crippen molar-refractivity contribution in [2.75, 3.05) is 13.2 Å². The second kappa shape index (κ2) is 67.8. The molecule has 0 heterocycles. The molecule has 0 spiro atoms. The molecule has 0 bridgehead atoms. The van der Waals surface area contributed by atoms with Crippen LogP contribution in [0.4, 0.5) is 0 Å². The SMILES string of the molecule is CC/C=C\C/C=C\C/C=C\C/C=C\C/C=C\CCCCCC(=O)OC(COC(=O)CC/C=C\C/C=C\C/C=C\C/C=C\CC)COC(=O)CCCCCCCCCCCCCCCCCC/C=C\C/C=C\C/C=C\CCCCCCC. The van der Waals surface area contributed by atoms with Crippen molar-refractivity contribution in [1.82, 2.24) is 0 Å². The Hall–Kier alpha value is -4.71. The largest absolute Gasteiger partial charge is 0.462 e. The van der Waals surface area contributed by atoms with Gasteiger partial charge in [0.15, 0.2) is 6.10 Å². The molecule has 0 N–H and O–H groups in total. The van der Waals surface area contributed by atoms with E-state index in [2.05, 4.69) is 154 Å². The van der Waals surface area contributed by atoms with Crippen LogP contribution in [0.15, 0.2) is 146 Å². The third-order valence-corrected chi connectivity index (χ3v) is 13.8. The highest BCUT2D eigenvalue weighted by Gasteiger charge is 2.19. The topological polar surface area (TPSA) is 78.9 Å². The van der Waals surface area contributed by atoms with Crippen molar-refractivity contribution in [3.05, 3.63) is 146 Å². The lowest BCUT2D eigenvalue weighted by Crippen LogP contribution is -2.30. The number of hydrogen-bond donors (Lipinski definition) is 0. The molecule has 0 rings (SSSR count). The van der Waals surface area contributed by atoms with E-state index in [1.165, 1.54) is 128 Å². The quantitative estimate of drug-likeness (QED) is 0.0261. The number of ether oxygens (including phenoxy) is 3. The van der Waals surface area contributed by atoms with Gasteiger partial charge in [-0.25, -0.2) is 0 Å². The number of carbonyl (C=O) groups excluding carboxylic acids is 3. The molecule has 0 aliphatic rings. The summed E-state index contributed by atoms with van der Waals surface area (Å²) in [6.45, 7) is 6.31. The van der Waals surface area contributed by atoms with Crippen LogP contribution in [0.3, 0.4) is 0 Å². The summed E-state index contributed by atoms with van der Waals surface area (Å²) >= 11 is 0. The zero-order chi connectivity index (χ0) is 58.5. The van der Waals surface area contributed by atoms with Gasteiger partial charge in [0, 0.05) is 19.3 Å². The van der Waals surface area contributed by atoms with Crippen LogP contribution in [-0.2, 0) is 28.6 Å². The first kappa shape index (κ1) is 76.3. The molecule has 0 aromatic heterocycles. The van der Waals surface area contributed by atoms with Crippen molar-refractivity contribution in [3.8, 4) is 0 Å². The Morgan fingerprint density at radius 2 is 0.506 bits per heavy atom. The highest BCUT2D eigenvalue weighted by Crippen LogP contribution is 2.16. The van der Waals surface area contributed by atoms with Crippen molar-refractivity contribution in [2.24, 2.45) is 0 Å². The Morgan fingerprint density at radius 3 is 0.840 bits per heavy atom. The van der Waals surface area contributed by atoms with Crippen molar-refractivity contribution < 1.29 is 28.6 Å². The number of allylic oxidation sites excluding steroid dienone is 24. The van der Waals surface area contributed by atoms with Crippen LogP contribution in [0.25, 0.3) is 0 Å². The summed E-state index contributed by atoms with van der Waals surface area (Å²) in [6.07, 6.45) is 97.5. The predicted octanol–water partition coefficient (Wildman–Crippen LogP) is 23.1. The van der Waals surface area contributed by atoms with E-state index in [4.69, 9.17) is 14.2 Å². The molecule has 6 nitrogen and oxygen atoms in total. The van der Waals surface area contributed by atoms with Crippen molar-refractivity contribution in [2.45, 2.75) is 297 Å². The molecule has 0 saturated heterocycles. The molecule has 0 aliphatic heterocycles. The molecule has 81 heavy (non-hydrogen) atoms. The predicted molar refractivity (Wildman–Crippen MR) is 352 cm³/mol. The van der Waals surface area contributed by atoms with Gasteiger partial charge in [-0.15, -0.1) is 0 Å². The van der Waals surface area contributed by atoms with E-state index in [1.807, 2.05) is 12.2 Å². The average Bonchev–Trinajstić information content (AvgIpc) is 3.46. The van der Waals surface area contributed by atoms with E-state index in [9.17, 15) is 14.4 Å². The molecule has 0 fully saturated rings. The third-order valence-electron chi connectivity index (χ3n) is 13.8. The first-order chi connectivity index (χ1) is 40.0. The molecule has 0 aromatic rings. The first-order valence-corrected chi connectivity index (χ1v) is 33.3. The molecule has 0 aliphatic carbocycles. The fraction of sp³-hybridized carbons (Fsp3) is 0.640. The maximum Gasteiger partial charge on any atom is 0.306 e. The molecule has 0 amide bonds. The van der Waals surface area contributed by atoms with Crippen LogP contribution in [0.1, 0.15) is 290 Å². The van der Waals surface area contributed by atoms with E-state index in [0.717, 1.165) is 109 Å². The third kappa shape index (κ3) is 66.0. The zero-order valence-corrected chi connectivity index (χ0v) is 52.5. The van der Waals surface area contributed by atoms with Gasteiger partial charge in [0.05, 0.1) is 0 Å². The normalized spacial score (nSPS) is 13.1. The number of unbranched alkanes of at least 4 members (excludes halogenated alkanes) is 24. The van der Waals surface area contributed by atoms with Crippen LogP contribution in [0.2, 0.25) is 0 Å². The van der Waals surface area contributed by atoms with Crippen molar-refractivity contribution in [3.63, 3.8) is 0 Å². The van der Waals surface area contributed by atoms with E-state index in [1.54, 1.807) is 0 Å². The standard InChI is InChI=1S/C75H122O6/c1-4-7-10-13-16-19-22-25-27-29-31-32-33-34-35-36-37-38-39-40-41-42-44-45-47-50-53-56-59-62-65-68-74(77)80-71-72(70-79-73(76)67-64-61-58-55-52-49-24-21-18-15-12-9-6-3)81-75(78)69-66-63-60-57-54-51-48-46-43-30-28-26-23-20-17-14-11-8-5-2/h8-9,11-12,17-18,20-22,25-26,28-29,31,33-34,43,46,49,51-52,54,58,61,72H,4-7,10,13-16,19,23-24,27,30,32,35-42,44-45,47-48,50,53,55-57,59-60,62-71H2,1-3H3/b11-8-,12-9-,20-17-,21-18-,25-22-,28-26-,31-29-,34-33-,46-43-,52-49-,54-51-,61-58-. The Morgan fingerprint density at radius 1 is 0.259 bits per heavy atom. The molecule has 1 atom stereocenters. The number of hydrogen-bond acceptors (Lipinski definition) is 6. The van der Waals surface area contributed by atoms with Gasteiger partial charge in [-0.3, -0.25) is 14.4 Å². The number of carbonyl (C=O) groups is 3. The van der Waals surface area contributed by atoms with Gasteiger partial charge in [-0.2, -0.15) is 0 Å². The summed E-state index contributed by atoms with van der Waals surface area (Å²) < 4.78 is 16.8. The smallest absolute Gasteiger partial charge is 0.306 e. The summed E-state index contributed by atoms with van der Waals surface area (Å²) in [6, 6.07) is 0. The summed E-state index contributed by atoms with van der Waals surface area (Å²) in [5.74, 6) is -1.03. The lowest BCUT2D eigenvalue weighted by Gasteiger charge is -2.18.